The van der Waals surface area contributed by atoms with E-state index in [0.29, 0.717) is 31.3 Å². The minimum Gasteiger partial charge on any atom is -0.508 e. The van der Waals surface area contributed by atoms with Crippen molar-refractivity contribution < 1.29 is 14.6 Å². The highest BCUT2D eigenvalue weighted by atomic mass is 16.5. The van der Waals surface area contributed by atoms with Gasteiger partial charge in [0.05, 0.1) is 18.7 Å². The highest BCUT2D eigenvalue weighted by Gasteiger charge is 2.20. The molecule has 0 radical (unpaired) electrons. The number of aromatic nitrogens is 1. The van der Waals surface area contributed by atoms with Gasteiger partial charge in [0.25, 0.3) is 5.56 Å². The van der Waals surface area contributed by atoms with Gasteiger partial charge >= 0.3 is 0 Å². The molecule has 1 aromatic carbocycles. The van der Waals surface area contributed by atoms with E-state index in [-0.39, 0.29) is 11.3 Å². The molecule has 0 aliphatic heterocycles. The van der Waals surface area contributed by atoms with E-state index < -0.39 is 0 Å². The van der Waals surface area contributed by atoms with Crippen molar-refractivity contribution in [3.8, 4) is 17.2 Å². The number of hydrogen-bond acceptors (Lipinski definition) is 4. The predicted octanol–water partition coefficient (Wildman–Crippen LogP) is 7.99. The number of aromatic hydroxyl groups is 1. The zero-order chi connectivity index (χ0) is 24.6. The van der Waals surface area contributed by atoms with E-state index >= 15 is 0 Å². The second-order valence-electron chi connectivity index (χ2n) is 9.40. The van der Waals surface area contributed by atoms with Crippen molar-refractivity contribution in [1.29, 1.82) is 0 Å². The molecule has 2 aromatic rings. The van der Waals surface area contributed by atoms with Gasteiger partial charge in [0.1, 0.15) is 5.75 Å². The first-order valence-corrected chi connectivity index (χ1v) is 13.8. The van der Waals surface area contributed by atoms with Gasteiger partial charge in [0.2, 0.25) is 5.75 Å². The maximum absolute atomic E-state index is 13.6. The number of rotatable bonds is 19. The highest BCUT2D eigenvalue weighted by molar-refractivity contribution is 5.89. The van der Waals surface area contributed by atoms with Gasteiger partial charge < -0.3 is 19.1 Å². The van der Waals surface area contributed by atoms with Crippen molar-refractivity contribution >= 4 is 10.9 Å². The fraction of sp³-hybridized carbons (Fsp3) is 0.690. The summed E-state index contributed by atoms with van der Waals surface area (Å²) in [5, 5.41) is 11.0. The first kappa shape index (κ1) is 28.1. The molecule has 2 rings (SSSR count). The van der Waals surface area contributed by atoms with Crippen LogP contribution < -0.4 is 15.0 Å². The van der Waals surface area contributed by atoms with Crippen LogP contribution in [0.3, 0.4) is 0 Å². The Labute approximate surface area is 206 Å². The molecule has 34 heavy (non-hydrogen) atoms. The monoisotopic (exact) mass is 473 g/mol. The normalized spacial score (nSPS) is 11.3. The van der Waals surface area contributed by atoms with Gasteiger partial charge in [-0.15, -0.1) is 0 Å². The van der Waals surface area contributed by atoms with Crippen LogP contribution in [0.4, 0.5) is 0 Å². The van der Waals surface area contributed by atoms with Gasteiger partial charge in [-0.1, -0.05) is 91.4 Å². The van der Waals surface area contributed by atoms with Crippen molar-refractivity contribution in [1.82, 2.24) is 4.57 Å². The van der Waals surface area contributed by atoms with Crippen LogP contribution >= 0.6 is 0 Å². The molecule has 0 aliphatic rings. The Morgan fingerprint density at radius 2 is 1.24 bits per heavy atom. The van der Waals surface area contributed by atoms with Crippen LogP contribution in [-0.4, -0.2) is 22.9 Å². The van der Waals surface area contributed by atoms with Crippen LogP contribution in [0.2, 0.25) is 0 Å². The van der Waals surface area contributed by atoms with Gasteiger partial charge in [0.15, 0.2) is 5.75 Å². The number of phenolic OH excluding ortho intramolecular Hbond substituents is 1. The first-order valence-electron chi connectivity index (χ1n) is 13.8. The largest absolute Gasteiger partial charge is 0.508 e. The third kappa shape index (κ3) is 8.88. The molecule has 0 fully saturated rings. The summed E-state index contributed by atoms with van der Waals surface area (Å²) >= 11 is 0. The van der Waals surface area contributed by atoms with Crippen molar-refractivity contribution in [3.05, 3.63) is 28.6 Å². The second kappa shape index (κ2) is 16.5. The minimum atomic E-state index is -0.149. The molecule has 1 N–H and O–H groups in total. The molecule has 0 unspecified atom stereocenters. The van der Waals surface area contributed by atoms with E-state index in [2.05, 4.69) is 20.8 Å². The molecule has 1 aromatic heterocycles. The van der Waals surface area contributed by atoms with Crippen LogP contribution in [0, 0.1) is 0 Å². The molecule has 0 amide bonds. The van der Waals surface area contributed by atoms with Gasteiger partial charge in [0, 0.05) is 18.0 Å². The van der Waals surface area contributed by atoms with E-state index in [9.17, 15) is 9.90 Å². The van der Waals surface area contributed by atoms with Gasteiger partial charge in [-0.05, 0) is 31.4 Å². The molecule has 1 heterocycles. The van der Waals surface area contributed by atoms with E-state index in [1.807, 2.05) is 6.07 Å². The lowest BCUT2D eigenvalue weighted by Crippen LogP contribution is -2.24. The number of nitrogens with zero attached hydrogens (tertiary/aromatic N) is 1. The number of aryl methyl sites for hydroxylation is 1. The van der Waals surface area contributed by atoms with E-state index in [0.717, 1.165) is 62.3 Å². The smallest absolute Gasteiger partial charge is 0.297 e. The summed E-state index contributed by atoms with van der Waals surface area (Å²) in [6, 6.07) is 5.19. The van der Waals surface area contributed by atoms with Gasteiger partial charge in [-0.3, -0.25) is 4.79 Å². The zero-order valence-corrected chi connectivity index (χ0v) is 21.9. The fourth-order valence-electron chi connectivity index (χ4n) is 4.34. The number of unbranched alkanes of at least 4 members (excludes halogenated alkanes) is 11. The minimum absolute atomic E-state index is 0.149. The third-order valence-corrected chi connectivity index (χ3v) is 6.39. The molecular formula is C29H47NO4. The Kier molecular flexibility index (Phi) is 13.6. The van der Waals surface area contributed by atoms with Crippen LogP contribution in [0.5, 0.6) is 17.2 Å². The molecule has 0 saturated heterocycles. The van der Waals surface area contributed by atoms with E-state index in [1.54, 1.807) is 16.7 Å². The number of ether oxygens (including phenoxy) is 2. The van der Waals surface area contributed by atoms with E-state index in [4.69, 9.17) is 9.47 Å². The maximum Gasteiger partial charge on any atom is 0.297 e. The van der Waals surface area contributed by atoms with Crippen LogP contribution in [0.1, 0.15) is 111 Å². The average molecular weight is 474 g/mol. The molecular weight excluding hydrogens is 426 g/mol. The summed E-state index contributed by atoms with van der Waals surface area (Å²) in [7, 11) is 0. The van der Waals surface area contributed by atoms with Crippen LogP contribution in [-0.2, 0) is 6.54 Å². The second-order valence-corrected chi connectivity index (χ2v) is 9.40. The third-order valence-electron chi connectivity index (χ3n) is 6.39. The van der Waals surface area contributed by atoms with Crippen molar-refractivity contribution in [2.75, 3.05) is 13.2 Å². The number of pyridine rings is 1. The zero-order valence-electron chi connectivity index (χ0n) is 21.9. The standard InChI is InChI=1S/C29H47NO4/c1-4-7-10-13-14-17-22-34-28-27(33-21-16-12-9-6-3)25-19-18-24(31)23-26(25)30(29(28)32)20-15-11-8-5-2/h18-19,23,31H,4-17,20-22H2,1-3H3. The van der Waals surface area contributed by atoms with Crippen LogP contribution in [0.15, 0.2) is 23.0 Å². The molecule has 0 aliphatic carbocycles. The lowest BCUT2D eigenvalue weighted by molar-refractivity contribution is 0.256. The number of hydrogen-bond donors (Lipinski definition) is 1. The molecule has 0 atom stereocenters. The topological polar surface area (TPSA) is 60.7 Å². The van der Waals surface area contributed by atoms with Crippen molar-refractivity contribution in [2.24, 2.45) is 0 Å². The number of phenols is 1. The Morgan fingerprint density at radius 1 is 0.706 bits per heavy atom. The summed E-state index contributed by atoms with van der Waals surface area (Å²) in [4.78, 5) is 13.6. The lowest BCUT2D eigenvalue weighted by atomic mass is 10.1. The number of benzene rings is 1. The predicted molar refractivity (Wildman–Crippen MR) is 143 cm³/mol. The van der Waals surface area contributed by atoms with Crippen molar-refractivity contribution in [2.45, 2.75) is 117 Å². The summed E-state index contributed by atoms with van der Waals surface area (Å²) in [6.45, 7) is 8.29. The Bertz CT molecular complexity index is 890. The van der Waals surface area contributed by atoms with Gasteiger partial charge in [-0.2, -0.15) is 0 Å². The summed E-state index contributed by atoms with van der Waals surface area (Å²) in [5.74, 6) is 1.02. The Morgan fingerprint density at radius 3 is 1.88 bits per heavy atom. The number of fused-ring (bicyclic) bond motifs is 1. The lowest BCUT2D eigenvalue weighted by Gasteiger charge is -2.19. The summed E-state index contributed by atoms with van der Waals surface area (Å²) < 4.78 is 14.1. The Hall–Kier alpha value is -2.17. The fourth-order valence-corrected chi connectivity index (χ4v) is 4.34. The highest BCUT2D eigenvalue weighted by Crippen LogP contribution is 2.35. The van der Waals surface area contributed by atoms with Crippen LogP contribution in [0.25, 0.3) is 10.9 Å². The van der Waals surface area contributed by atoms with Gasteiger partial charge in [-0.25, -0.2) is 0 Å². The van der Waals surface area contributed by atoms with Crippen molar-refractivity contribution in [3.63, 3.8) is 0 Å². The van der Waals surface area contributed by atoms with E-state index in [1.165, 1.54) is 38.5 Å². The summed E-state index contributed by atoms with van der Waals surface area (Å²) in [6.07, 6.45) is 15.7. The molecule has 0 saturated carbocycles. The first-order chi connectivity index (χ1) is 16.6. The molecule has 0 bridgehead atoms. The molecule has 192 valence electrons. The maximum atomic E-state index is 13.6. The Balaban J connectivity index is 2.29. The molecule has 0 spiro atoms. The molecule has 5 nitrogen and oxygen atoms in total. The SMILES string of the molecule is CCCCCCCCOc1c(OCCCCCC)c2ccc(O)cc2n(CCCCCC)c1=O. The summed E-state index contributed by atoms with van der Waals surface area (Å²) in [5.41, 5.74) is 0.570. The average Bonchev–Trinajstić information content (AvgIpc) is 2.83. The quantitative estimate of drug-likeness (QED) is 0.210. The molecule has 5 heteroatoms.